The van der Waals surface area contributed by atoms with Crippen molar-refractivity contribution in [2.45, 2.75) is 32.2 Å². The number of benzene rings is 1. The van der Waals surface area contributed by atoms with Gasteiger partial charge in [-0.1, -0.05) is 6.07 Å². The fourth-order valence-electron chi connectivity index (χ4n) is 2.44. The van der Waals surface area contributed by atoms with Crippen LogP contribution in [0, 0.1) is 6.92 Å². The summed E-state index contributed by atoms with van der Waals surface area (Å²) >= 11 is 1.77. The van der Waals surface area contributed by atoms with E-state index in [1.807, 2.05) is 25.3 Å². The van der Waals surface area contributed by atoms with Crippen LogP contribution in [-0.2, 0) is 6.54 Å². The van der Waals surface area contributed by atoms with E-state index in [0.717, 1.165) is 11.3 Å². The van der Waals surface area contributed by atoms with E-state index in [-0.39, 0.29) is 19.1 Å². The van der Waals surface area contributed by atoms with Gasteiger partial charge in [0.05, 0.1) is 18.2 Å². The van der Waals surface area contributed by atoms with E-state index in [9.17, 15) is 4.79 Å². The van der Waals surface area contributed by atoms with Gasteiger partial charge in [0.2, 0.25) is 0 Å². The maximum atomic E-state index is 12.1. The Kier molecular flexibility index (Phi) is 4.93. The fourth-order valence-corrected chi connectivity index (χ4v) is 3.47. The Morgan fingerprint density at radius 2 is 2.26 bits per heavy atom. The maximum absolute atomic E-state index is 12.1. The molecule has 3 N–H and O–H groups in total. The van der Waals surface area contributed by atoms with Gasteiger partial charge in [0.25, 0.3) is 5.91 Å². The van der Waals surface area contributed by atoms with E-state index < -0.39 is 0 Å². The minimum Gasteiger partial charge on any atom is -0.395 e. The lowest BCUT2D eigenvalue weighted by molar-refractivity contribution is 0.0944. The molecule has 2 aromatic rings. The van der Waals surface area contributed by atoms with Crippen LogP contribution in [0.3, 0.4) is 0 Å². The minimum absolute atomic E-state index is 0.0581. The molecule has 1 aromatic heterocycles. The molecule has 0 radical (unpaired) electrons. The molecule has 1 aliphatic rings. The zero-order valence-electron chi connectivity index (χ0n) is 13.1. The largest absolute Gasteiger partial charge is 0.395 e. The van der Waals surface area contributed by atoms with E-state index in [1.54, 1.807) is 17.4 Å². The molecule has 3 rings (SSSR count). The molecule has 1 amide bonds. The summed E-state index contributed by atoms with van der Waals surface area (Å²) in [5.41, 5.74) is 2.49. The predicted octanol–water partition coefficient (Wildman–Crippen LogP) is 2.66. The van der Waals surface area contributed by atoms with Crippen molar-refractivity contribution >= 4 is 22.9 Å². The third-order valence-corrected chi connectivity index (χ3v) is 5.09. The summed E-state index contributed by atoms with van der Waals surface area (Å²) in [5.74, 6) is 0.531. The first-order chi connectivity index (χ1) is 11.2. The Morgan fingerprint density at radius 1 is 1.43 bits per heavy atom. The normalized spacial score (nSPS) is 13.8. The second-order valence-corrected chi connectivity index (χ2v) is 6.90. The molecule has 0 saturated heterocycles. The Bertz CT molecular complexity index is 695. The molecule has 1 saturated carbocycles. The Morgan fingerprint density at radius 3 is 3.00 bits per heavy atom. The molecule has 122 valence electrons. The average Bonchev–Trinajstić information content (AvgIpc) is 3.30. The second kappa shape index (κ2) is 7.10. The molecular weight excluding hydrogens is 310 g/mol. The zero-order chi connectivity index (χ0) is 16.2. The molecule has 0 atom stereocenters. The number of thiazole rings is 1. The third-order valence-electron chi connectivity index (χ3n) is 3.93. The van der Waals surface area contributed by atoms with Crippen LogP contribution in [0.4, 0.5) is 5.69 Å². The molecule has 0 aliphatic heterocycles. The summed E-state index contributed by atoms with van der Waals surface area (Å²) in [6, 6.07) is 5.64. The number of carbonyl (C=O) groups excluding carboxylic acids is 1. The van der Waals surface area contributed by atoms with Gasteiger partial charge in [-0.3, -0.25) is 4.79 Å². The van der Waals surface area contributed by atoms with Gasteiger partial charge in [-0.15, -0.1) is 11.3 Å². The minimum atomic E-state index is -0.158. The summed E-state index contributed by atoms with van der Waals surface area (Å²) in [5, 5.41) is 16.1. The van der Waals surface area contributed by atoms with Crippen LogP contribution in [0.1, 0.15) is 44.6 Å². The van der Waals surface area contributed by atoms with Crippen molar-refractivity contribution in [1.82, 2.24) is 10.3 Å². The number of nitrogens with zero attached hydrogens (tertiary/aromatic N) is 1. The Hall–Kier alpha value is -1.92. The molecular formula is C17H21N3O2S. The Labute approximate surface area is 139 Å². The summed E-state index contributed by atoms with van der Waals surface area (Å²) in [6.07, 6.45) is 4.48. The topological polar surface area (TPSA) is 74.2 Å². The smallest absolute Gasteiger partial charge is 0.251 e. The second-order valence-electron chi connectivity index (χ2n) is 5.75. The van der Waals surface area contributed by atoms with Gasteiger partial charge in [-0.05, 0) is 37.5 Å². The van der Waals surface area contributed by atoms with Gasteiger partial charge in [-0.2, -0.15) is 0 Å². The lowest BCUT2D eigenvalue weighted by atomic mass is 10.1. The number of aliphatic hydroxyl groups is 1. The highest BCUT2D eigenvalue weighted by atomic mass is 32.1. The van der Waals surface area contributed by atoms with Crippen molar-refractivity contribution in [3.63, 3.8) is 0 Å². The summed E-state index contributed by atoms with van der Waals surface area (Å²) in [7, 11) is 0. The highest BCUT2D eigenvalue weighted by molar-refractivity contribution is 7.11. The van der Waals surface area contributed by atoms with Gasteiger partial charge < -0.3 is 15.7 Å². The monoisotopic (exact) mass is 331 g/mol. The molecule has 0 unspecified atom stereocenters. The number of aliphatic hydroxyl groups excluding tert-OH is 1. The standard InChI is InChI=1S/C17H21N3O2S/c1-11-14(16(22)18-7-8-21)3-2-4-15(11)19-9-13-10-20-17(23-13)12-5-6-12/h2-4,10,12,19,21H,5-9H2,1H3,(H,18,22). The fraction of sp³-hybridized carbons (Fsp3) is 0.412. The lowest BCUT2D eigenvalue weighted by Gasteiger charge is -2.12. The van der Waals surface area contributed by atoms with Crippen molar-refractivity contribution in [3.05, 3.63) is 45.4 Å². The molecule has 23 heavy (non-hydrogen) atoms. The first kappa shape index (κ1) is 16.0. The van der Waals surface area contributed by atoms with Crippen molar-refractivity contribution in [2.24, 2.45) is 0 Å². The van der Waals surface area contributed by atoms with E-state index in [0.29, 0.717) is 18.0 Å². The van der Waals surface area contributed by atoms with Crippen LogP contribution < -0.4 is 10.6 Å². The van der Waals surface area contributed by atoms with Gasteiger partial charge >= 0.3 is 0 Å². The first-order valence-electron chi connectivity index (χ1n) is 7.86. The maximum Gasteiger partial charge on any atom is 0.251 e. The van der Waals surface area contributed by atoms with Crippen LogP contribution in [0.25, 0.3) is 0 Å². The Balaban J connectivity index is 1.65. The van der Waals surface area contributed by atoms with Gasteiger partial charge in [0, 0.05) is 34.8 Å². The molecule has 0 spiro atoms. The number of hydrogen-bond acceptors (Lipinski definition) is 5. The number of amides is 1. The number of aromatic nitrogens is 1. The molecule has 0 bridgehead atoms. The van der Waals surface area contributed by atoms with E-state index in [1.165, 1.54) is 22.7 Å². The summed E-state index contributed by atoms with van der Waals surface area (Å²) in [6.45, 7) is 2.85. The molecule has 6 heteroatoms. The van der Waals surface area contributed by atoms with Crippen molar-refractivity contribution in [3.8, 4) is 0 Å². The predicted molar refractivity (Wildman–Crippen MR) is 92.0 cm³/mol. The van der Waals surface area contributed by atoms with Crippen LogP contribution in [0.2, 0.25) is 0 Å². The van der Waals surface area contributed by atoms with Crippen molar-refractivity contribution in [2.75, 3.05) is 18.5 Å². The summed E-state index contributed by atoms with van der Waals surface area (Å²) in [4.78, 5) is 17.8. The highest BCUT2D eigenvalue weighted by Crippen LogP contribution is 2.41. The van der Waals surface area contributed by atoms with Crippen LogP contribution in [0.15, 0.2) is 24.4 Å². The number of anilines is 1. The van der Waals surface area contributed by atoms with Crippen LogP contribution in [0.5, 0.6) is 0 Å². The quantitative estimate of drug-likeness (QED) is 0.729. The average molecular weight is 331 g/mol. The van der Waals surface area contributed by atoms with Gasteiger partial charge in [0.1, 0.15) is 0 Å². The molecule has 1 fully saturated rings. The highest BCUT2D eigenvalue weighted by Gasteiger charge is 2.26. The SMILES string of the molecule is Cc1c(NCc2cnc(C3CC3)s2)cccc1C(=O)NCCO. The third kappa shape index (κ3) is 3.89. The van der Waals surface area contributed by atoms with E-state index in [2.05, 4.69) is 15.6 Å². The van der Waals surface area contributed by atoms with Gasteiger partial charge in [0.15, 0.2) is 0 Å². The molecule has 5 nitrogen and oxygen atoms in total. The van der Waals surface area contributed by atoms with Crippen molar-refractivity contribution < 1.29 is 9.90 Å². The summed E-state index contributed by atoms with van der Waals surface area (Å²) < 4.78 is 0. The molecule has 1 aliphatic carbocycles. The van der Waals surface area contributed by atoms with E-state index >= 15 is 0 Å². The molecule has 1 heterocycles. The van der Waals surface area contributed by atoms with E-state index in [4.69, 9.17) is 5.11 Å². The van der Waals surface area contributed by atoms with Crippen molar-refractivity contribution in [1.29, 1.82) is 0 Å². The number of carbonyl (C=O) groups is 1. The molecule has 1 aromatic carbocycles. The number of nitrogens with one attached hydrogen (secondary N) is 2. The lowest BCUT2D eigenvalue weighted by Crippen LogP contribution is -2.27. The number of rotatable bonds is 7. The number of hydrogen-bond donors (Lipinski definition) is 3. The van der Waals surface area contributed by atoms with Gasteiger partial charge in [-0.25, -0.2) is 4.98 Å². The first-order valence-corrected chi connectivity index (χ1v) is 8.68. The van der Waals surface area contributed by atoms with Crippen LogP contribution in [-0.4, -0.2) is 29.1 Å². The zero-order valence-corrected chi connectivity index (χ0v) is 13.9. The van der Waals surface area contributed by atoms with Crippen LogP contribution >= 0.6 is 11.3 Å².